The van der Waals surface area contributed by atoms with Crippen LogP contribution in [-0.4, -0.2) is 39.1 Å². The number of aromatic nitrogens is 2. The molecule has 6 heteroatoms. The van der Waals surface area contributed by atoms with Gasteiger partial charge in [0.1, 0.15) is 0 Å². The molecule has 1 aromatic heterocycles. The van der Waals surface area contributed by atoms with Crippen LogP contribution in [0.15, 0.2) is 6.07 Å². The van der Waals surface area contributed by atoms with Crippen LogP contribution < -0.4 is 5.73 Å². The molecule has 0 aliphatic carbocycles. The van der Waals surface area contributed by atoms with Crippen molar-refractivity contribution in [2.75, 3.05) is 6.54 Å². The number of nitrogens with two attached hydrogens (primary N) is 1. The highest BCUT2D eigenvalue weighted by molar-refractivity contribution is 5.93. The van der Waals surface area contributed by atoms with Crippen molar-refractivity contribution < 1.29 is 9.59 Å². The Morgan fingerprint density at radius 1 is 1.29 bits per heavy atom. The van der Waals surface area contributed by atoms with Crippen molar-refractivity contribution in [1.82, 2.24) is 14.7 Å². The van der Waals surface area contributed by atoms with E-state index >= 15 is 0 Å². The summed E-state index contributed by atoms with van der Waals surface area (Å²) in [5.74, 6) is -0.434. The fourth-order valence-electron chi connectivity index (χ4n) is 3.22. The summed E-state index contributed by atoms with van der Waals surface area (Å²) in [6.45, 7) is 12.8. The fourth-order valence-corrected chi connectivity index (χ4v) is 3.22. The number of hydrogen-bond acceptors (Lipinski definition) is 3. The van der Waals surface area contributed by atoms with Crippen molar-refractivity contribution in [3.63, 3.8) is 0 Å². The molecule has 0 bridgehead atoms. The number of carbonyl (C=O) groups is 2. The predicted octanol–water partition coefficient (Wildman–Crippen LogP) is 2.49. The van der Waals surface area contributed by atoms with Crippen LogP contribution in [0.4, 0.5) is 0 Å². The Bertz CT molecular complexity index is 627. The van der Waals surface area contributed by atoms with Gasteiger partial charge in [0, 0.05) is 18.3 Å². The standard InChI is InChI=1S/C18H30N4O2/c1-11(2)15-9-14(20-22(15)18(4,5)6)17(24)21-10-13(16(19)23)8-7-12(21)3/h9,11-13H,7-8,10H2,1-6H3,(H2,19,23)/t12-,13-/m1/s1. The number of amides is 2. The zero-order valence-electron chi connectivity index (χ0n) is 15.7. The number of rotatable bonds is 3. The molecule has 0 saturated carbocycles. The highest BCUT2D eigenvalue weighted by Crippen LogP contribution is 2.27. The lowest BCUT2D eigenvalue weighted by Crippen LogP contribution is -2.48. The number of likely N-dealkylation sites (tertiary alicyclic amines) is 1. The summed E-state index contributed by atoms with van der Waals surface area (Å²) in [5.41, 5.74) is 6.74. The third-order valence-corrected chi connectivity index (χ3v) is 4.73. The summed E-state index contributed by atoms with van der Waals surface area (Å²) in [4.78, 5) is 26.2. The Morgan fingerprint density at radius 2 is 1.92 bits per heavy atom. The van der Waals surface area contributed by atoms with Crippen LogP contribution >= 0.6 is 0 Å². The number of hydrogen-bond donors (Lipinski definition) is 1. The normalized spacial score (nSPS) is 22.0. The quantitative estimate of drug-likeness (QED) is 0.922. The van der Waals surface area contributed by atoms with Crippen LogP contribution in [0.5, 0.6) is 0 Å². The molecule has 134 valence electrons. The SMILES string of the molecule is CC(C)c1cc(C(=O)N2C[C@H](C(N)=O)CC[C@H]2C)nn1C(C)(C)C. The second-order valence-electron chi connectivity index (χ2n) is 8.17. The largest absolute Gasteiger partial charge is 0.369 e. The summed E-state index contributed by atoms with van der Waals surface area (Å²) in [6.07, 6.45) is 1.53. The van der Waals surface area contributed by atoms with Gasteiger partial charge in [-0.1, -0.05) is 13.8 Å². The monoisotopic (exact) mass is 334 g/mol. The van der Waals surface area contributed by atoms with Crippen LogP contribution in [0.25, 0.3) is 0 Å². The van der Waals surface area contributed by atoms with Gasteiger partial charge in [-0.3, -0.25) is 14.3 Å². The zero-order valence-corrected chi connectivity index (χ0v) is 15.7. The predicted molar refractivity (Wildman–Crippen MR) is 93.7 cm³/mol. The summed E-state index contributed by atoms with van der Waals surface area (Å²) in [5, 5.41) is 4.59. The number of carbonyl (C=O) groups excluding carboxylic acids is 2. The first-order chi connectivity index (χ1) is 11.0. The molecule has 2 rings (SSSR count). The van der Waals surface area contributed by atoms with E-state index in [4.69, 9.17) is 5.73 Å². The van der Waals surface area contributed by atoms with E-state index in [0.717, 1.165) is 18.5 Å². The van der Waals surface area contributed by atoms with Crippen LogP contribution in [0.3, 0.4) is 0 Å². The molecule has 6 nitrogen and oxygen atoms in total. The van der Waals surface area contributed by atoms with Crippen LogP contribution in [0.2, 0.25) is 0 Å². The van der Waals surface area contributed by atoms with Gasteiger partial charge in [0.05, 0.1) is 11.5 Å². The minimum absolute atomic E-state index is 0.0930. The van der Waals surface area contributed by atoms with Gasteiger partial charge in [-0.05, 0) is 52.5 Å². The molecule has 1 aliphatic rings. The van der Waals surface area contributed by atoms with Gasteiger partial charge in [0.25, 0.3) is 5.91 Å². The van der Waals surface area contributed by atoms with Gasteiger partial charge in [-0.25, -0.2) is 0 Å². The second-order valence-corrected chi connectivity index (χ2v) is 8.17. The number of nitrogens with zero attached hydrogens (tertiary/aromatic N) is 3. The summed E-state index contributed by atoms with van der Waals surface area (Å²) in [7, 11) is 0. The lowest BCUT2D eigenvalue weighted by atomic mass is 9.92. The molecule has 2 amide bonds. The van der Waals surface area contributed by atoms with Crippen molar-refractivity contribution in [3.8, 4) is 0 Å². The first kappa shape index (κ1) is 18.5. The second kappa shape index (κ2) is 6.57. The molecular weight excluding hydrogens is 304 g/mol. The maximum atomic E-state index is 13.0. The third-order valence-electron chi connectivity index (χ3n) is 4.73. The molecule has 1 fully saturated rings. The summed E-state index contributed by atoms with van der Waals surface area (Å²) < 4.78 is 1.94. The Kier molecular flexibility index (Phi) is 5.06. The first-order valence-corrected chi connectivity index (χ1v) is 8.73. The lowest BCUT2D eigenvalue weighted by Gasteiger charge is -2.36. The van der Waals surface area contributed by atoms with E-state index in [1.54, 1.807) is 4.90 Å². The molecule has 0 unspecified atom stereocenters. The van der Waals surface area contributed by atoms with Crippen molar-refractivity contribution in [1.29, 1.82) is 0 Å². The Balaban J connectivity index is 2.33. The van der Waals surface area contributed by atoms with Crippen LogP contribution in [-0.2, 0) is 10.3 Å². The molecule has 0 spiro atoms. The molecule has 2 atom stereocenters. The summed E-state index contributed by atoms with van der Waals surface area (Å²) >= 11 is 0. The number of primary amides is 1. The van der Waals surface area contributed by atoms with Crippen LogP contribution in [0.1, 0.15) is 76.5 Å². The first-order valence-electron chi connectivity index (χ1n) is 8.73. The molecule has 24 heavy (non-hydrogen) atoms. The molecule has 1 saturated heterocycles. The molecule has 2 N–H and O–H groups in total. The Labute approximate surface area is 144 Å². The van der Waals surface area contributed by atoms with E-state index in [1.165, 1.54) is 0 Å². The third kappa shape index (κ3) is 3.62. The average molecular weight is 334 g/mol. The summed E-state index contributed by atoms with van der Waals surface area (Å²) in [6, 6.07) is 1.98. The zero-order chi connectivity index (χ0) is 18.2. The van der Waals surface area contributed by atoms with Gasteiger partial charge in [-0.2, -0.15) is 5.10 Å². The number of piperidine rings is 1. The minimum atomic E-state index is -0.331. The molecule has 0 aromatic carbocycles. The van der Waals surface area contributed by atoms with Crippen molar-refractivity contribution in [2.45, 2.75) is 71.9 Å². The van der Waals surface area contributed by atoms with Gasteiger partial charge >= 0.3 is 0 Å². The van der Waals surface area contributed by atoms with E-state index in [9.17, 15) is 9.59 Å². The van der Waals surface area contributed by atoms with Gasteiger partial charge in [0.15, 0.2) is 5.69 Å². The van der Waals surface area contributed by atoms with E-state index < -0.39 is 0 Å². The van der Waals surface area contributed by atoms with E-state index in [1.807, 2.05) is 17.7 Å². The molecular formula is C18H30N4O2. The van der Waals surface area contributed by atoms with Gasteiger partial charge in [0.2, 0.25) is 5.91 Å². The highest BCUT2D eigenvalue weighted by atomic mass is 16.2. The molecule has 1 aromatic rings. The van der Waals surface area contributed by atoms with Crippen molar-refractivity contribution >= 4 is 11.8 Å². The smallest absolute Gasteiger partial charge is 0.274 e. The topological polar surface area (TPSA) is 81.2 Å². The molecule has 0 radical (unpaired) electrons. The lowest BCUT2D eigenvalue weighted by molar-refractivity contribution is -0.123. The Morgan fingerprint density at radius 3 is 2.38 bits per heavy atom. The van der Waals surface area contributed by atoms with E-state index in [2.05, 4.69) is 39.7 Å². The molecule has 2 heterocycles. The minimum Gasteiger partial charge on any atom is -0.369 e. The average Bonchev–Trinajstić information content (AvgIpc) is 2.92. The van der Waals surface area contributed by atoms with Crippen molar-refractivity contribution in [2.24, 2.45) is 11.7 Å². The van der Waals surface area contributed by atoms with E-state index in [0.29, 0.717) is 12.2 Å². The van der Waals surface area contributed by atoms with Crippen LogP contribution in [0, 0.1) is 5.92 Å². The van der Waals surface area contributed by atoms with Gasteiger partial charge in [-0.15, -0.1) is 0 Å². The maximum absolute atomic E-state index is 13.0. The highest BCUT2D eigenvalue weighted by Gasteiger charge is 2.34. The van der Waals surface area contributed by atoms with Gasteiger partial charge < -0.3 is 10.6 Å². The molecule has 1 aliphatic heterocycles. The van der Waals surface area contributed by atoms with Crippen molar-refractivity contribution in [3.05, 3.63) is 17.5 Å². The maximum Gasteiger partial charge on any atom is 0.274 e. The van der Waals surface area contributed by atoms with E-state index in [-0.39, 0.29) is 35.2 Å². The fraction of sp³-hybridized carbons (Fsp3) is 0.722. The Hall–Kier alpha value is -1.85.